The minimum absolute atomic E-state index is 0.197. The van der Waals surface area contributed by atoms with Crippen LogP contribution in [0.3, 0.4) is 0 Å². The molecule has 0 aliphatic carbocycles. The largest absolute Gasteiger partial charge is 0.497 e. The zero-order valence-corrected chi connectivity index (χ0v) is 16.0. The van der Waals surface area contributed by atoms with Gasteiger partial charge in [-0.1, -0.05) is 12.1 Å². The molecule has 7 heteroatoms. The first kappa shape index (κ1) is 19.3. The van der Waals surface area contributed by atoms with Crippen molar-refractivity contribution in [3.63, 3.8) is 0 Å². The molecule has 0 radical (unpaired) electrons. The normalized spacial score (nSPS) is 10.5. The second kappa shape index (κ2) is 8.47. The van der Waals surface area contributed by atoms with Crippen LogP contribution in [0.4, 0.5) is 0 Å². The van der Waals surface area contributed by atoms with Gasteiger partial charge in [-0.05, 0) is 24.3 Å². The molecular formula is C21H22N2O5. The van der Waals surface area contributed by atoms with E-state index in [4.69, 9.17) is 14.2 Å². The van der Waals surface area contributed by atoms with Crippen LogP contribution in [0.1, 0.15) is 5.56 Å². The predicted molar refractivity (Wildman–Crippen MR) is 106 cm³/mol. The maximum Gasteiger partial charge on any atom is 0.258 e. The molecule has 28 heavy (non-hydrogen) atoms. The number of nitrogens with one attached hydrogen (secondary N) is 1. The van der Waals surface area contributed by atoms with Crippen LogP contribution < -0.4 is 25.1 Å². The van der Waals surface area contributed by atoms with Crippen molar-refractivity contribution in [2.45, 2.75) is 6.54 Å². The fraction of sp³-hybridized carbons (Fsp3) is 0.238. The number of carbonyl (C=O) groups is 1. The van der Waals surface area contributed by atoms with E-state index in [1.165, 1.54) is 10.6 Å². The van der Waals surface area contributed by atoms with Gasteiger partial charge < -0.3 is 24.1 Å². The second-order valence-electron chi connectivity index (χ2n) is 6.17. The number of methoxy groups -OCH3 is 2. The predicted octanol–water partition coefficient (Wildman–Crippen LogP) is 2.25. The quantitative estimate of drug-likeness (QED) is 0.678. The van der Waals surface area contributed by atoms with Crippen LogP contribution in [0.15, 0.2) is 53.3 Å². The highest BCUT2D eigenvalue weighted by Gasteiger charge is 2.11. The highest BCUT2D eigenvalue weighted by atomic mass is 16.5. The number of amides is 1. The minimum Gasteiger partial charge on any atom is -0.497 e. The first-order valence-corrected chi connectivity index (χ1v) is 8.72. The molecule has 0 saturated carbocycles. The van der Waals surface area contributed by atoms with Crippen molar-refractivity contribution in [2.24, 2.45) is 7.05 Å². The van der Waals surface area contributed by atoms with Gasteiger partial charge in [0.1, 0.15) is 17.2 Å². The fourth-order valence-corrected chi connectivity index (χ4v) is 2.89. The van der Waals surface area contributed by atoms with Gasteiger partial charge in [0.15, 0.2) is 6.61 Å². The molecule has 0 unspecified atom stereocenters. The second-order valence-corrected chi connectivity index (χ2v) is 6.17. The molecule has 2 aromatic carbocycles. The lowest BCUT2D eigenvalue weighted by molar-refractivity contribution is -0.123. The number of carbonyl (C=O) groups excluding carboxylic acids is 1. The minimum atomic E-state index is -0.303. The molecule has 7 nitrogen and oxygen atoms in total. The summed E-state index contributed by atoms with van der Waals surface area (Å²) in [6.07, 6.45) is 0. The first-order chi connectivity index (χ1) is 13.5. The molecule has 0 aliphatic rings. The van der Waals surface area contributed by atoms with Crippen molar-refractivity contribution >= 4 is 16.8 Å². The summed E-state index contributed by atoms with van der Waals surface area (Å²) >= 11 is 0. The smallest absolute Gasteiger partial charge is 0.258 e. The number of hydrogen-bond donors (Lipinski definition) is 1. The van der Waals surface area contributed by atoms with Crippen LogP contribution in [-0.2, 0) is 18.4 Å². The molecule has 0 fully saturated rings. The van der Waals surface area contributed by atoms with Gasteiger partial charge in [0, 0.05) is 36.7 Å². The van der Waals surface area contributed by atoms with Crippen molar-refractivity contribution in [2.75, 3.05) is 20.8 Å². The zero-order chi connectivity index (χ0) is 20.1. The number of pyridine rings is 1. The van der Waals surface area contributed by atoms with E-state index in [1.54, 1.807) is 33.4 Å². The summed E-state index contributed by atoms with van der Waals surface area (Å²) in [5.41, 5.74) is 1.36. The van der Waals surface area contributed by atoms with Gasteiger partial charge in [0.2, 0.25) is 0 Å². The Bertz CT molecular complexity index is 1060. The summed E-state index contributed by atoms with van der Waals surface area (Å²) in [6.45, 7) is 0.0856. The topological polar surface area (TPSA) is 78.8 Å². The Balaban J connectivity index is 1.67. The maximum absolute atomic E-state index is 12.2. The van der Waals surface area contributed by atoms with Crippen LogP contribution in [-0.4, -0.2) is 31.3 Å². The third-order valence-corrected chi connectivity index (χ3v) is 4.45. The van der Waals surface area contributed by atoms with Gasteiger partial charge in [0.05, 0.1) is 19.7 Å². The molecule has 1 amide bonds. The number of para-hydroxylation sites is 1. The third-order valence-electron chi connectivity index (χ3n) is 4.45. The summed E-state index contributed by atoms with van der Waals surface area (Å²) in [5, 5.41) is 3.56. The molecule has 0 spiro atoms. The monoisotopic (exact) mass is 382 g/mol. The van der Waals surface area contributed by atoms with Crippen LogP contribution in [0.25, 0.3) is 10.9 Å². The Morgan fingerprint density at radius 3 is 2.57 bits per heavy atom. The highest BCUT2D eigenvalue weighted by Crippen LogP contribution is 2.25. The number of hydrogen-bond acceptors (Lipinski definition) is 5. The summed E-state index contributed by atoms with van der Waals surface area (Å²) in [6, 6.07) is 14.2. The maximum atomic E-state index is 12.2. The number of nitrogens with zero attached hydrogens (tertiary/aromatic N) is 1. The van der Waals surface area contributed by atoms with Gasteiger partial charge >= 0.3 is 0 Å². The standard InChI is InChI=1S/C21H22N2O5/c1-23-17-7-5-4-6-16(17)19(11-21(23)25)28-13-20(24)22-12-14-8-9-15(26-2)10-18(14)27-3/h4-11H,12-13H2,1-3H3,(H,22,24). The van der Waals surface area contributed by atoms with Crippen LogP contribution in [0.5, 0.6) is 17.2 Å². The van der Waals surface area contributed by atoms with Gasteiger partial charge in [-0.15, -0.1) is 0 Å². The van der Waals surface area contributed by atoms with Gasteiger partial charge in [0.25, 0.3) is 11.5 Å². The van der Waals surface area contributed by atoms with Gasteiger partial charge in [-0.3, -0.25) is 9.59 Å². The number of ether oxygens (including phenoxy) is 3. The van der Waals surface area contributed by atoms with E-state index >= 15 is 0 Å². The highest BCUT2D eigenvalue weighted by molar-refractivity contribution is 5.86. The lowest BCUT2D eigenvalue weighted by atomic mass is 10.2. The average Bonchev–Trinajstić information content (AvgIpc) is 2.73. The molecule has 0 atom stereocenters. The average molecular weight is 382 g/mol. The fourth-order valence-electron chi connectivity index (χ4n) is 2.89. The lowest BCUT2D eigenvalue weighted by Gasteiger charge is -2.13. The SMILES string of the molecule is COc1ccc(CNC(=O)COc2cc(=O)n(C)c3ccccc23)c(OC)c1. The number of aromatic nitrogens is 1. The Morgan fingerprint density at radius 2 is 1.82 bits per heavy atom. The van der Waals surface area contributed by atoms with E-state index in [0.717, 1.165) is 16.5 Å². The molecule has 3 aromatic rings. The van der Waals surface area contributed by atoms with Gasteiger partial charge in [-0.2, -0.15) is 0 Å². The molecule has 0 aliphatic heterocycles. The summed E-state index contributed by atoms with van der Waals surface area (Å²) < 4.78 is 17.6. The van der Waals surface area contributed by atoms with E-state index in [1.807, 2.05) is 30.3 Å². The molecule has 0 saturated heterocycles. The molecule has 0 bridgehead atoms. The third kappa shape index (κ3) is 4.09. The molecule has 1 heterocycles. The summed E-state index contributed by atoms with van der Waals surface area (Å²) in [4.78, 5) is 24.3. The molecule has 1 N–H and O–H groups in total. The van der Waals surface area contributed by atoms with Crippen molar-refractivity contribution in [1.29, 1.82) is 0 Å². The lowest BCUT2D eigenvalue weighted by Crippen LogP contribution is -2.29. The first-order valence-electron chi connectivity index (χ1n) is 8.72. The van der Waals surface area contributed by atoms with Crippen molar-refractivity contribution in [3.05, 3.63) is 64.4 Å². The number of benzene rings is 2. The molecule has 1 aromatic heterocycles. The Hall–Kier alpha value is -3.48. The molecule has 3 rings (SSSR count). The summed E-state index contributed by atoms with van der Waals surface area (Å²) in [5.74, 6) is 1.38. The van der Waals surface area contributed by atoms with Gasteiger partial charge in [-0.25, -0.2) is 0 Å². The van der Waals surface area contributed by atoms with Crippen molar-refractivity contribution in [1.82, 2.24) is 9.88 Å². The van der Waals surface area contributed by atoms with E-state index in [-0.39, 0.29) is 24.6 Å². The van der Waals surface area contributed by atoms with Crippen molar-refractivity contribution in [3.8, 4) is 17.2 Å². The number of fused-ring (bicyclic) bond motifs is 1. The van der Waals surface area contributed by atoms with E-state index in [2.05, 4.69) is 5.32 Å². The van der Waals surface area contributed by atoms with Crippen LogP contribution in [0, 0.1) is 0 Å². The van der Waals surface area contributed by atoms with E-state index in [0.29, 0.717) is 17.2 Å². The van der Waals surface area contributed by atoms with Crippen LogP contribution in [0.2, 0.25) is 0 Å². The van der Waals surface area contributed by atoms with E-state index < -0.39 is 0 Å². The Kier molecular flexibility index (Phi) is 5.84. The summed E-state index contributed by atoms with van der Waals surface area (Å²) in [7, 11) is 4.84. The zero-order valence-electron chi connectivity index (χ0n) is 16.0. The Morgan fingerprint density at radius 1 is 1.04 bits per heavy atom. The van der Waals surface area contributed by atoms with Crippen molar-refractivity contribution < 1.29 is 19.0 Å². The molecule has 146 valence electrons. The van der Waals surface area contributed by atoms with Crippen LogP contribution >= 0.6 is 0 Å². The Labute approximate surface area is 162 Å². The van der Waals surface area contributed by atoms with E-state index in [9.17, 15) is 9.59 Å². The molecular weight excluding hydrogens is 360 g/mol. The number of rotatable bonds is 7. The number of aryl methyl sites for hydroxylation is 1.